The van der Waals surface area contributed by atoms with Crippen molar-refractivity contribution < 1.29 is 19.1 Å². The first kappa shape index (κ1) is 19.6. The van der Waals surface area contributed by atoms with Crippen LogP contribution < -0.4 is 0 Å². The molecule has 148 valence electrons. The zero-order valence-electron chi connectivity index (χ0n) is 16.5. The fourth-order valence-corrected chi connectivity index (χ4v) is 4.39. The van der Waals surface area contributed by atoms with Gasteiger partial charge in [-0.3, -0.25) is 14.5 Å². The zero-order chi connectivity index (χ0) is 19.6. The lowest BCUT2D eigenvalue weighted by molar-refractivity contribution is -0.132. The minimum atomic E-state index is -0.523. The highest BCUT2D eigenvalue weighted by Gasteiger charge is 2.30. The Hall–Kier alpha value is -2.15. The van der Waals surface area contributed by atoms with Crippen LogP contribution >= 0.6 is 0 Å². The number of aromatic nitrogens is 1. The molecule has 7 heteroatoms. The van der Waals surface area contributed by atoms with Crippen LogP contribution in [0.3, 0.4) is 0 Å². The van der Waals surface area contributed by atoms with Gasteiger partial charge in [-0.1, -0.05) is 12.8 Å². The molecule has 2 fully saturated rings. The molecule has 0 bridgehead atoms. The Balaban J connectivity index is 1.68. The quantitative estimate of drug-likeness (QED) is 0.628. The largest absolute Gasteiger partial charge is 0.465 e. The molecule has 0 aromatic carbocycles. The van der Waals surface area contributed by atoms with Gasteiger partial charge in [-0.05, 0) is 25.3 Å². The van der Waals surface area contributed by atoms with Gasteiger partial charge in [-0.2, -0.15) is 0 Å². The first-order valence-electron chi connectivity index (χ1n) is 9.75. The first-order valence-corrected chi connectivity index (χ1v) is 9.75. The average molecular weight is 375 g/mol. The zero-order valence-corrected chi connectivity index (χ0v) is 16.5. The average Bonchev–Trinajstić information content (AvgIpc) is 3.29. The number of esters is 1. The number of methoxy groups -OCH3 is 1. The van der Waals surface area contributed by atoms with E-state index in [9.17, 15) is 14.4 Å². The predicted octanol–water partition coefficient (Wildman–Crippen LogP) is 1.94. The maximum atomic E-state index is 12.8. The summed E-state index contributed by atoms with van der Waals surface area (Å²) in [6.45, 7) is 6.37. The summed E-state index contributed by atoms with van der Waals surface area (Å²) in [7, 11) is 1.30. The molecule has 1 saturated carbocycles. The fourth-order valence-electron chi connectivity index (χ4n) is 4.39. The highest BCUT2D eigenvalue weighted by atomic mass is 16.5. The molecule has 1 amide bonds. The third kappa shape index (κ3) is 4.08. The Labute approximate surface area is 160 Å². The summed E-state index contributed by atoms with van der Waals surface area (Å²) in [5.41, 5.74) is 1.68. The van der Waals surface area contributed by atoms with E-state index in [1.807, 2.05) is 4.90 Å². The molecule has 0 unspecified atom stereocenters. The van der Waals surface area contributed by atoms with Gasteiger partial charge in [0.15, 0.2) is 5.78 Å². The molecular weight excluding hydrogens is 346 g/mol. The van der Waals surface area contributed by atoms with E-state index in [1.54, 1.807) is 6.92 Å². The van der Waals surface area contributed by atoms with Crippen molar-refractivity contribution in [2.75, 3.05) is 33.3 Å². The molecular formula is C20H29N3O4. The molecule has 0 radical (unpaired) electrons. The summed E-state index contributed by atoms with van der Waals surface area (Å²) in [5, 5.41) is 0. The van der Waals surface area contributed by atoms with Gasteiger partial charge in [0.1, 0.15) is 0 Å². The summed E-state index contributed by atoms with van der Waals surface area (Å²) in [6, 6.07) is 0.678. The van der Waals surface area contributed by atoms with E-state index in [0.29, 0.717) is 41.6 Å². The number of ether oxygens (including phenoxy) is 1. The highest BCUT2D eigenvalue weighted by Crippen LogP contribution is 2.25. The lowest BCUT2D eigenvalue weighted by atomic mass is 10.1. The van der Waals surface area contributed by atoms with Crippen molar-refractivity contribution >= 4 is 17.7 Å². The van der Waals surface area contributed by atoms with E-state index in [1.165, 1.54) is 39.7 Å². The van der Waals surface area contributed by atoms with Crippen molar-refractivity contribution in [2.45, 2.75) is 52.0 Å². The standard InChI is InChI=1S/C20H29N3O4/c1-13-18(20(26)27-3)16(21-19(13)14(2)24)12-17(25)23-10-8-22(9-11-23)15-6-4-5-7-15/h15,21H,4-12H2,1-3H3. The van der Waals surface area contributed by atoms with Gasteiger partial charge in [-0.25, -0.2) is 4.79 Å². The second-order valence-corrected chi connectivity index (χ2v) is 7.56. The number of rotatable bonds is 5. The number of hydrogen-bond donors (Lipinski definition) is 1. The van der Waals surface area contributed by atoms with Crippen LogP contribution in [0.1, 0.15) is 64.7 Å². The maximum Gasteiger partial charge on any atom is 0.339 e. The molecule has 1 aromatic heterocycles. The number of aromatic amines is 1. The van der Waals surface area contributed by atoms with E-state index < -0.39 is 5.97 Å². The van der Waals surface area contributed by atoms with Crippen LogP contribution in [-0.4, -0.2) is 71.8 Å². The van der Waals surface area contributed by atoms with Crippen molar-refractivity contribution in [3.8, 4) is 0 Å². The predicted molar refractivity (Wildman–Crippen MR) is 101 cm³/mol. The van der Waals surface area contributed by atoms with Crippen molar-refractivity contribution in [3.05, 3.63) is 22.5 Å². The van der Waals surface area contributed by atoms with Crippen molar-refractivity contribution in [3.63, 3.8) is 0 Å². The molecule has 1 N–H and O–H groups in total. The normalized spacial score (nSPS) is 18.7. The van der Waals surface area contributed by atoms with Gasteiger partial charge in [-0.15, -0.1) is 0 Å². The SMILES string of the molecule is COC(=O)c1c(CC(=O)N2CCN(C3CCCC3)CC2)[nH]c(C(C)=O)c1C. The first-order chi connectivity index (χ1) is 12.9. The van der Waals surface area contributed by atoms with Crippen LogP contribution in [0.25, 0.3) is 0 Å². The van der Waals surface area contributed by atoms with Gasteiger partial charge in [0, 0.05) is 44.8 Å². The summed E-state index contributed by atoms with van der Waals surface area (Å²) in [5.74, 6) is -0.714. The van der Waals surface area contributed by atoms with Crippen LogP contribution in [0.4, 0.5) is 0 Å². The fraction of sp³-hybridized carbons (Fsp3) is 0.650. The van der Waals surface area contributed by atoms with E-state index in [2.05, 4.69) is 9.88 Å². The summed E-state index contributed by atoms with van der Waals surface area (Å²) in [4.78, 5) is 44.1. The topological polar surface area (TPSA) is 82.7 Å². The van der Waals surface area contributed by atoms with Crippen LogP contribution in [0.2, 0.25) is 0 Å². The number of nitrogens with zero attached hydrogens (tertiary/aromatic N) is 2. The second kappa shape index (κ2) is 8.25. The molecule has 27 heavy (non-hydrogen) atoms. The van der Waals surface area contributed by atoms with Gasteiger partial charge in [0.25, 0.3) is 0 Å². The number of nitrogens with one attached hydrogen (secondary N) is 1. The molecule has 7 nitrogen and oxygen atoms in total. The smallest absolute Gasteiger partial charge is 0.339 e. The number of piperazine rings is 1. The minimum absolute atomic E-state index is 0.0254. The monoisotopic (exact) mass is 375 g/mol. The van der Waals surface area contributed by atoms with Crippen molar-refractivity contribution in [1.82, 2.24) is 14.8 Å². The van der Waals surface area contributed by atoms with Gasteiger partial charge in [0.05, 0.1) is 24.8 Å². The Kier molecular flexibility index (Phi) is 5.99. The number of Topliss-reactive ketones (excluding diaryl/α,β-unsaturated/α-hetero) is 1. The van der Waals surface area contributed by atoms with E-state index in [4.69, 9.17) is 4.74 Å². The number of ketones is 1. The van der Waals surface area contributed by atoms with E-state index in [0.717, 1.165) is 13.1 Å². The van der Waals surface area contributed by atoms with Gasteiger partial charge >= 0.3 is 5.97 Å². The third-order valence-corrected chi connectivity index (χ3v) is 5.91. The molecule has 2 heterocycles. The number of carbonyl (C=O) groups excluding carboxylic acids is 3. The molecule has 2 aliphatic rings. The Bertz CT molecular complexity index is 726. The highest BCUT2D eigenvalue weighted by molar-refractivity contribution is 6.01. The Morgan fingerprint density at radius 2 is 1.74 bits per heavy atom. The van der Waals surface area contributed by atoms with Gasteiger partial charge < -0.3 is 14.6 Å². The number of amides is 1. The third-order valence-electron chi connectivity index (χ3n) is 5.91. The summed E-state index contributed by atoms with van der Waals surface area (Å²) < 4.78 is 4.85. The van der Waals surface area contributed by atoms with Crippen LogP contribution in [0, 0.1) is 6.92 Å². The molecule has 0 atom stereocenters. The lowest BCUT2D eigenvalue weighted by Crippen LogP contribution is -2.51. The Morgan fingerprint density at radius 1 is 1.11 bits per heavy atom. The Morgan fingerprint density at radius 3 is 2.30 bits per heavy atom. The molecule has 3 rings (SSSR count). The maximum absolute atomic E-state index is 12.8. The molecule has 1 aromatic rings. The number of H-pyrrole nitrogens is 1. The summed E-state index contributed by atoms with van der Waals surface area (Å²) in [6.07, 6.45) is 5.23. The summed E-state index contributed by atoms with van der Waals surface area (Å²) >= 11 is 0. The number of carbonyl (C=O) groups is 3. The minimum Gasteiger partial charge on any atom is -0.465 e. The van der Waals surface area contributed by atoms with Gasteiger partial charge in [0.2, 0.25) is 5.91 Å². The molecule has 1 saturated heterocycles. The van der Waals surface area contributed by atoms with Crippen LogP contribution in [-0.2, 0) is 16.0 Å². The van der Waals surface area contributed by atoms with Crippen molar-refractivity contribution in [2.24, 2.45) is 0 Å². The van der Waals surface area contributed by atoms with Crippen LogP contribution in [0.15, 0.2) is 0 Å². The molecule has 1 aliphatic carbocycles. The second-order valence-electron chi connectivity index (χ2n) is 7.56. The van der Waals surface area contributed by atoms with Crippen LogP contribution in [0.5, 0.6) is 0 Å². The number of hydrogen-bond acceptors (Lipinski definition) is 5. The molecule has 0 spiro atoms. The van der Waals surface area contributed by atoms with E-state index in [-0.39, 0.29) is 18.1 Å². The molecule has 1 aliphatic heterocycles. The van der Waals surface area contributed by atoms with E-state index >= 15 is 0 Å². The lowest BCUT2D eigenvalue weighted by Gasteiger charge is -2.38. The van der Waals surface area contributed by atoms with Crippen molar-refractivity contribution in [1.29, 1.82) is 0 Å².